The maximum Gasteiger partial charge on any atom is 0.0406 e. The van der Waals surface area contributed by atoms with Gasteiger partial charge in [-0.05, 0) is 57.0 Å². The third-order valence-corrected chi connectivity index (χ3v) is 3.83. The van der Waals surface area contributed by atoms with E-state index in [0.29, 0.717) is 6.04 Å². The van der Waals surface area contributed by atoms with Gasteiger partial charge in [0.25, 0.3) is 0 Å². The van der Waals surface area contributed by atoms with E-state index in [4.69, 9.17) is 11.6 Å². The molecule has 0 aromatic heterocycles. The van der Waals surface area contributed by atoms with Gasteiger partial charge in [0.15, 0.2) is 0 Å². The predicted molar refractivity (Wildman–Crippen MR) is 78.3 cm³/mol. The maximum atomic E-state index is 5.88. The average Bonchev–Trinajstić information content (AvgIpc) is 2.85. The van der Waals surface area contributed by atoms with Gasteiger partial charge in [0, 0.05) is 24.2 Å². The standard InChI is InChI=1S/C15H23ClN2/c1-13(12-14-4-6-15(16)7-5-14)17-8-11-18-9-2-3-10-18/h4-7,13,17H,2-3,8-12H2,1H3. The molecule has 100 valence electrons. The number of hydrogen-bond donors (Lipinski definition) is 1. The van der Waals surface area contributed by atoms with E-state index >= 15 is 0 Å². The molecule has 3 heteroatoms. The van der Waals surface area contributed by atoms with E-state index < -0.39 is 0 Å². The van der Waals surface area contributed by atoms with Crippen LogP contribution in [0.2, 0.25) is 5.02 Å². The third kappa shape index (κ3) is 4.60. The minimum absolute atomic E-state index is 0.522. The monoisotopic (exact) mass is 266 g/mol. The number of halogens is 1. The lowest BCUT2D eigenvalue weighted by atomic mass is 10.1. The van der Waals surface area contributed by atoms with Gasteiger partial charge < -0.3 is 10.2 Å². The highest BCUT2D eigenvalue weighted by molar-refractivity contribution is 6.30. The van der Waals surface area contributed by atoms with Gasteiger partial charge in [-0.25, -0.2) is 0 Å². The van der Waals surface area contributed by atoms with E-state index in [0.717, 1.165) is 18.0 Å². The highest BCUT2D eigenvalue weighted by Gasteiger charge is 2.11. The van der Waals surface area contributed by atoms with Crippen molar-refractivity contribution in [2.75, 3.05) is 26.2 Å². The average molecular weight is 267 g/mol. The molecule has 0 radical (unpaired) electrons. The fraction of sp³-hybridized carbons (Fsp3) is 0.600. The summed E-state index contributed by atoms with van der Waals surface area (Å²) >= 11 is 5.88. The van der Waals surface area contributed by atoms with Crippen molar-refractivity contribution < 1.29 is 0 Å². The highest BCUT2D eigenvalue weighted by Crippen LogP contribution is 2.11. The lowest BCUT2D eigenvalue weighted by molar-refractivity contribution is 0.329. The van der Waals surface area contributed by atoms with Crippen molar-refractivity contribution in [3.63, 3.8) is 0 Å². The zero-order valence-corrected chi connectivity index (χ0v) is 11.9. The number of benzene rings is 1. The van der Waals surface area contributed by atoms with E-state index in [2.05, 4.69) is 29.3 Å². The second kappa shape index (κ2) is 7.13. The number of nitrogens with one attached hydrogen (secondary N) is 1. The summed E-state index contributed by atoms with van der Waals surface area (Å²) in [6.45, 7) is 7.10. The third-order valence-electron chi connectivity index (χ3n) is 3.57. The molecule has 1 atom stereocenters. The van der Waals surface area contributed by atoms with Crippen LogP contribution < -0.4 is 5.32 Å². The van der Waals surface area contributed by atoms with Gasteiger partial charge in [0.2, 0.25) is 0 Å². The Balaban J connectivity index is 1.65. The Morgan fingerprint density at radius 1 is 1.22 bits per heavy atom. The summed E-state index contributed by atoms with van der Waals surface area (Å²) in [4.78, 5) is 2.54. The molecule has 1 aliphatic rings. The first-order valence-corrected chi connectivity index (χ1v) is 7.32. The first-order valence-electron chi connectivity index (χ1n) is 6.94. The fourth-order valence-corrected chi connectivity index (χ4v) is 2.65. The Morgan fingerprint density at radius 2 is 1.89 bits per heavy atom. The SMILES string of the molecule is CC(Cc1ccc(Cl)cc1)NCCN1CCCC1. The van der Waals surface area contributed by atoms with Crippen LogP contribution in [-0.4, -0.2) is 37.1 Å². The molecule has 1 aromatic rings. The zero-order chi connectivity index (χ0) is 12.8. The summed E-state index contributed by atoms with van der Waals surface area (Å²) < 4.78 is 0. The van der Waals surface area contributed by atoms with Crippen LogP contribution in [0, 0.1) is 0 Å². The van der Waals surface area contributed by atoms with Crippen molar-refractivity contribution in [3.05, 3.63) is 34.9 Å². The molecule has 0 bridgehead atoms. The quantitative estimate of drug-likeness (QED) is 0.852. The molecule has 1 fully saturated rings. The largest absolute Gasteiger partial charge is 0.313 e. The lowest BCUT2D eigenvalue weighted by Gasteiger charge is -2.18. The van der Waals surface area contributed by atoms with Crippen molar-refractivity contribution in [1.29, 1.82) is 0 Å². The molecule has 18 heavy (non-hydrogen) atoms. The summed E-state index contributed by atoms with van der Waals surface area (Å²) in [5, 5.41) is 4.41. The first kappa shape index (κ1) is 13.9. The Morgan fingerprint density at radius 3 is 2.56 bits per heavy atom. The Labute approximate surface area is 115 Å². The zero-order valence-electron chi connectivity index (χ0n) is 11.2. The predicted octanol–water partition coefficient (Wildman–Crippen LogP) is 2.96. The highest BCUT2D eigenvalue weighted by atomic mass is 35.5. The van der Waals surface area contributed by atoms with E-state index in [9.17, 15) is 0 Å². The Bertz CT molecular complexity index is 344. The van der Waals surface area contributed by atoms with Crippen LogP contribution in [0.1, 0.15) is 25.3 Å². The summed E-state index contributed by atoms with van der Waals surface area (Å²) in [6, 6.07) is 8.68. The summed E-state index contributed by atoms with van der Waals surface area (Å²) in [6.07, 6.45) is 3.82. The molecule has 1 aliphatic heterocycles. The Kier molecular flexibility index (Phi) is 5.48. The van der Waals surface area contributed by atoms with Crippen molar-refractivity contribution in [2.45, 2.75) is 32.2 Å². The molecule has 1 saturated heterocycles. The van der Waals surface area contributed by atoms with E-state index in [1.54, 1.807) is 0 Å². The molecule has 1 aromatic carbocycles. The van der Waals surface area contributed by atoms with Gasteiger partial charge in [-0.15, -0.1) is 0 Å². The van der Waals surface area contributed by atoms with Crippen molar-refractivity contribution >= 4 is 11.6 Å². The number of hydrogen-bond acceptors (Lipinski definition) is 2. The number of rotatable bonds is 6. The second-order valence-corrected chi connectivity index (χ2v) is 5.67. The van der Waals surface area contributed by atoms with Crippen LogP contribution in [0.25, 0.3) is 0 Å². The molecular weight excluding hydrogens is 244 g/mol. The minimum atomic E-state index is 0.522. The first-order chi connectivity index (χ1) is 8.74. The normalized spacial score (nSPS) is 18.1. The van der Waals surface area contributed by atoms with Crippen molar-refractivity contribution in [2.24, 2.45) is 0 Å². The van der Waals surface area contributed by atoms with Crippen LogP contribution in [0.4, 0.5) is 0 Å². The molecule has 1 unspecified atom stereocenters. The van der Waals surface area contributed by atoms with Gasteiger partial charge in [0.05, 0.1) is 0 Å². The van der Waals surface area contributed by atoms with Crippen LogP contribution in [0.5, 0.6) is 0 Å². The molecular formula is C15H23ClN2. The van der Waals surface area contributed by atoms with E-state index in [-0.39, 0.29) is 0 Å². The van der Waals surface area contributed by atoms with E-state index in [1.165, 1.54) is 38.0 Å². The number of nitrogens with zero attached hydrogens (tertiary/aromatic N) is 1. The molecule has 2 nitrogen and oxygen atoms in total. The summed E-state index contributed by atoms with van der Waals surface area (Å²) in [5.74, 6) is 0. The molecule has 0 spiro atoms. The van der Waals surface area contributed by atoms with Crippen molar-refractivity contribution in [1.82, 2.24) is 10.2 Å². The molecule has 0 amide bonds. The minimum Gasteiger partial charge on any atom is -0.313 e. The molecule has 0 saturated carbocycles. The summed E-state index contributed by atoms with van der Waals surface area (Å²) in [7, 11) is 0. The van der Waals surface area contributed by atoms with Gasteiger partial charge in [-0.1, -0.05) is 23.7 Å². The smallest absolute Gasteiger partial charge is 0.0406 e. The summed E-state index contributed by atoms with van der Waals surface area (Å²) in [5.41, 5.74) is 1.35. The molecule has 1 N–H and O–H groups in total. The lowest BCUT2D eigenvalue weighted by Crippen LogP contribution is -2.35. The van der Waals surface area contributed by atoms with Gasteiger partial charge in [-0.2, -0.15) is 0 Å². The Hall–Kier alpha value is -0.570. The molecule has 1 heterocycles. The van der Waals surface area contributed by atoms with E-state index in [1.807, 2.05) is 12.1 Å². The van der Waals surface area contributed by atoms with Crippen LogP contribution in [0.3, 0.4) is 0 Å². The van der Waals surface area contributed by atoms with Crippen LogP contribution >= 0.6 is 11.6 Å². The van der Waals surface area contributed by atoms with Gasteiger partial charge >= 0.3 is 0 Å². The van der Waals surface area contributed by atoms with Crippen LogP contribution in [0.15, 0.2) is 24.3 Å². The molecule has 2 rings (SSSR count). The maximum absolute atomic E-state index is 5.88. The van der Waals surface area contributed by atoms with Gasteiger partial charge in [-0.3, -0.25) is 0 Å². The van der Waals surface area contributed by atoms with Crippen molar-refractivity contribution in [3.8, 4) is 0 Å². The second-order valence-electron chi connectivity index (χ2n) is 5.23. The fourth-order valence-electron chi connectivity index (χ4n) is 2.52. The van der Waals surface area contributed by atoms with Gasteiger partial charge in [0.1, 0.15) is 0 Å². The molecule has 0 aliphatic carbocycles. The number of likely N-dealkylation sites (tertiary alicyclic amines) is 1. The van der Waals surface area contributed by atoms with Crippen LogP contribution in [-0.2, 0) is 6.42 Å². The topological polar surface area (TPSA) is 15.3 Å².